The van der Waals surface area contributed by atoms with Gasteiger partial charge in [0.15, 0.2) is 0 Å². The van der Waals surface area contributed by atoms with Crippen molar-refractivity contribution in [2.75, 3.05) is 11.4 Å². The first-order chi connectivity index (χ1) is 26.1. The second kappa shape index (κ2) is 14.1. The van der Waals surface area contributed by atoms with E-state index in [9.17, 15) is 0 Å². The molecule has 8 rings (SSSR count). The summed E-state index contributed by atoms with van der Waals surface area (Å²) in [6, 6.07) is 38.1. The number of ether oxygens (including phenoxy) is 1. The van der Waals surface area contributed by atoms with Crippen LogP contribution in [0.25, 0.3) is 22.4 Å². The Morgan fingerprint density at radius 3 is 2.02 bits per heavy atom. The zero-order chi connectivity index (χ0) is 38.9. The number of para-hydroxylation sites is 2. The monoisotopic (exact) mass is 909 g/mol. The molecule has 0 saturated heterocycles. The van der Waals surface area contributed by atoms with Crippen LogP contribution in [0, 0.1) is 21.9 Å². The summed E-state index contributed by atoms with van der Waals surface area (Å²) in [5, 5.41) is 0. The summed E-state index contributed by atoms with van der Waals surface area (Å²) in [5.74, 6) is 3.50. The van der Waals surface area contributed by atoms with Crippen molar-refractivity contribution < 1.29 is 24.1 Å². The molecule has 3 heterocycles. The molecule has 0 bridgehead atoms. The molecule has 0 spiro atoms. The normalized spacial score (nSPS) is 17.6. The molecule has 6 aromatic rings. The first-order valence-electron chi connectivity index (χ1n) is 19.9. The Morgan fingerprint density at radius 2 is 1.33 bits per heavy atom. The average Bonchev–Trinajstić information content (AvgIpc) is 3.44. The molecule has 0 amide bonds. The fourth-order valence-corrected chi connectivity index (χ4v) is 9.51. The first-order valence-corrected chi connectivity index (χ1v) is 21.0. The van der Waals surface area contributed by atoms with Gasteiger partial charge in [0.25, 0.3) is 0 Å². The van der Waals surface area contributed by atoms with E-state index < -0.39 is 0 Å². The molecule has 1 aliphatic carbocycles. The number of benzene rings is 4. The van der Waals surface area contributed by atoms with Crippen LogP contribution in [0.1, 0.15) is 116 Å². The van der Waals surface area contributed by atoms with Crippen LogP contribution in [0.15, 0.2) is 91.1 Å². The predicted molar refractivity (Wildman–Crippen MR) is 222 cm³/mol. The van der Waals surface area contributed by atoms with Gasteiger partial charge in [-0.3, -0.25) is 0 Å². The van der Waals surface area contributed by atoms with Crippen molar-refractivity contribution >= 4 is 22.5 Å². The number of hydrogen-bond donors (Lipinski definition) is 0. The van der Waals surface area contributed by atoms with Crippen LogP contribution >= 0.6 is 0 Å². The fraction of sp³-hybridized carbons (Fsp3) is 0.388. The van der Waals surface area contributed by atoms with Gasteiger partial charge in [-0.15, -0.1) is 0 Å². The van der Waals surface area contributed by atoms with Gasteiger partial charge < -0.3 is 0 Å². The second-order valence-electron chi connectivity index (χ2n) is 18.7. The Labute approximate surface area is 338 Å². The SMILES string of the molecule is CC(C)(C)c1cc(-n2[c](=[Pt])n(-c3[c-]c(Oc4[c-]c5c(cc4)C4CCCCC4CN5c4cc(C(C)(C)C)ccn4)ccc3)c3ccccc32)cc(C(C)(C)C)c1. The molecule has 1 fully saturated rings. The third-order valence-electron chi connectivity index (χ3n) is 11.6. The van der Waals surface area contributed by atoms with E-state index in [0.717, 1.165) is 38.6 Å². The minimum atomic E-state index is 0.00975. The Hall–Kier alpha value is -4.21. The van der Waals surface area contributed by atoms with Crippen molar-refractivity contribution in [3.05, 3.63) is 129 Å². The molecule has 288 valence electrons. The van der Waals surface area contributed by atoms with Gasteiger partial charge in [0.1, 0.15) is 0 Å². The Balaban J connectivity index is 1.19. The summed E-state index contributed by atoms with van der Waals surface area (Å²) in [5.41, 5.74) is 10.8. The van der Waals surface area contributed by atoms with Crippen LogP contribution in [-0.4, -0.2) is 20.7 Å². The summed E-state index contributed by atoms with van der Waals surface area (Å²) in [6.45, 7) is 21.5. The quantitative estimate of drug-likeness (QED) is 0.162. The number of anilines is 2. The van der Waals surface area contributed by atoms with E-state index in [1.807, 2.05) is 12.3 Å². The number of pyridine rings is 1. The molecule has 2 aromatic heterocycles. The molecule has 2 aliphatic rings. The summed E-state index contributed by atoms with van der Waals surface area (Å²) in [6.07, 6.45) is 7.03. The third-order valence-corrected chi connectivity index (χ3v) is 12.7. The van der Waals surface area contributed by atoms with Crippen LogP contribution in [0.5, 0.6) is 11.5 Å². The fourth-order valence-electron chi connectivity index (χ4n) is 8.40. The topological polar surface area (TPSA) is 35.2 Å². The third kappa shape index (κ3) is 7.30. The van der Waals surface area contributed by atoms with Crippen molar-refractivity contribution in [3.8, 4) is 22.9 Å². The number of aromatic nitrogens is 3. The zero-order valence-electron chi connectivity index (χ0n) is 33.9. The average molecular weight is 910 g/mol. The first kappa shape index (κ1) is 37.7. The van der Waals surface area contributed by atoms with Crippen molar-refractivity contribution in [2.45, 2.75) is 110 Å². The van der Waals surface area contributed by atoms with Gasteiger partial charge >= 0.3 is 277 Å². The summed E-state index contributed by atoms with van der Waals surface area (Å²) < 4.78 is 12.4. The van der Waals surface area contributed by atoms with Crippen molar-refractivity contribution in [2.24, 2.45) is 5.92 Å². The van der Waals surface area contributed by atoms with E-state index in [1.54, 1.807) is 0 Å². The number of nitrogens with zero attached hydrogens (tertiary/aromatic N) is 4. The van der Waals surface area contributed by atoms with Crippen LogP contribution in [-0.2, 0) is 35.6 Å². The van der Waals surface area contributed by atoms with Crippen molar-refractivity contribution in [3.63, 3.8) is 0 Å². The summed E-state index contributed by atoms with van der Waals surface area (Å²) in [7, 11) is 0. The van der Waals surface area contributed by atoms with Crippen LogP contribution < -0.4 is 9.64 Å². The molecule has 6 heteroatoms. The predicted octanol–water partition coefficient (Wildman–Crippen LogP) is 12.6. The zero-order valence-corrected chi connectivity index (χ0v) is 36.1. The molecule has 0 N–H and O–H groups in total. The Kier molecular flexibility index (Phi) is 9.64. The van der Waals surface area contributed by atoms with E-state index in [0.29, 0.717) is 23.3 Å². The van der Waals surface area contributed by atoms with E-state index in [1.165, 1.54) is 53.6 Å². The van der Waals surface area contributed by atoms with Gasteiger partial charge in [-0.1, -0.05) is 33.6 Å². The maximum atomic E-state index is 6.67. The molecule has 0 radical (unpaired) electrons. The van der Waals surface area contributed by atoms with E-state index in [2.05, 4.69) is 187 Å². The van der Waals surface area contributed by atoms with Crippen molar-refractivity contribution in [1.82, 2.24) is 14.1 Å². The van der Waals surface area contributed by atoms with E-state index in [4.69, 9.17) is 9.72 Å². The van der Waals surface area contributed by atoms with Crippen LogP contribution in [0.4, 0.5) is 11.5 Å². The standard InChI is InChI=1S/C49H54N4O.Pt/c1-47(2,3)34-23-24-50-46(28-34)51-31-33-15-10-11-18-41(33)42-22-21-40(30-45(42)51)54-39-17-14-16-37(29-39)52-32-53(44-20-13-12-19-43(44)52)38-26-35(48(4,5)6)25-36(27-38)49(7,8)9;/h12-14,16-17,19-28,33,41H,10-11,15,18,31H2,1-9H3;/q-2;. The van der Waals surface area contributed by atoms with Crippen molar-refractivity contribution in [1.29, 1.82) is 0 Å². The maximum absolute atomic E-state index is 6.67. The van der Waals surface area contributed by atoms with E-state index in [-0.39, 0.29) is 16.2 Å². The molecule has 55 heavy (non-hydrogen) atoms. The minimum absolute atomic E-state index is 0.00975. The van der Waals surface area contributed by atoms with Gasteiger partial charge in [0.05, 0.1) is 0 Å². The number of imidazole rings is 1. The number of rotatable bonds is 5. The summed E-state index contributed by atoms with van der Waals surface area (Å²) >= 11 is 2.48. The molecular formula is C49H54N4OPt-2. The number of hydrogen-bond acceptors (Lipinski definition) is 3. The molecule has 1 aliphatic heterocycles. The van der Waals surface area contributed by atoms with Crippen LogP contribution in [0.2, 0.25) is 0 Å². The Morgan fingerprint density at radius 1 is 0.673 bits per heavy atom. The molecule has 2 unspecified atom stereocenters. The second-order valence-corrected chi connectivity index (χ2v) is 19.7. The van der Waals surface area contributed by atoms with Crippen LogP contribution in [0.3, 0.4) is 0 Å². The number of fused-ring (bicyclic) bond motifs is 4. The molecule has 4 aromatic carbocycles. The van der Waals surface area contributed by atoms with Gasteiger partial charge in [-0.25, -0.2) is 0 Å². The van der Waals surface area contributed by atoms with Gasteiger partial charge in [0, 0.05) is 6.20 Å². The molecule has 2 atom stereocenters. The molecule has 5 nitrogen and oxygen atoms in total. The van der Waals surface area contributed by atoms with Gasteiger partial charge in [-0.2, -0.15) is 0 Å². The van der Waals surface area contributed by atoms with E-state index >= 15 is 0 Å². The van der Waals surface area contributed by atoms with Gasteiger partial charge in [0.2, 0.25) is 0 Å². The Bertz CT molecular complexity index is 2420. The molecular weight excluding hydrogens is 856 g/mol. The molecule has 1 saturated carbocycles. The van der Waals surface area contributed by atoms with Gasteiger partial charge in [-0.05, 0) is 23.5 Å². The summed E-state index contributed by atoms with van der Waals surface area (Å²) in [4.78, 5) is 7.32.